The number of hydrogen-bond donors (Lipinski definition) is 1. The van der Waals surface area contributed by atoms with Gasteiger partial charge in [0.1, 0.15) is 0 Å². The maximum atomic E-state index is 4.40. The fourth-order valence-corrected chi connectivity index (χ4v) is 2.90. The highest BCUT2D eigenvalue weighted by Gasteiger charge is 2.29. The van der Waals surface area contributed by atoms with E-state index in [1.54, 1.807) is 0 Å². The molecule has 1 saturated carbocycles. The predicted octanol–water partition coefficient (Wildman–Crippen LogP) is 3.38. The molecule has 2 rings (SSSR count). The van der Waals surface area contributed by atoms with E-state index < -0.39 is 0 Å². The Balaban J connectivity index is 1.92. The average molecular weight is 290 g/mol. The average Bonchev–Trinajstić information content (AvgIpc) is 2.45. The Morgan fingerprint density at radius 1 is 1.24 bits per heavy atom. The molecule has 0 atom stereocenters. The van der Waals surface area contributed by atoms with Gasteiger partial charge in [0, 0.05) is 25.7 Å². The van der Waals surface area contributed by atoms with Crippen LogP contribution in [0.15, 0.2) is 12.1 Å². The molecule has 4 heteroatoms. The van der Waals surface area contributed by atoms with Gasteiger partial charge in [-0.3, -0.25) is 0 Å². The lowest BCUT2D eigenvalue weighted by atomic mass is 9.75. The Morgan fingerprint density at radius 2 is 1.90 bits per heavy atom. The summed E-state index contributed by atoms with van der Waals surface area (Å²) in [6.07, 6.45) is 5.10. The van der Waals surface area contributed by atoms with Crippen molar-refractivity contribution in [3.05, 3.63) is 17.8 Å². The van der Waals surface area contributed by atoms with E-state index in [0.29, 0.717) is 17.5 Å². The van der Waals surface area contributed by atoms with Gasteiger partial charge in [0.15, 0.2) is 5.82 Å². The molecule has 1 fully saturated rings. The first-order valence-corrected chi connectivity index (χ1v) is 8.16. The summed E-state index contributed by atoms with van der Waals surface area (Å²) in [6.45, 7) is 9.81. The third-order valence-corrected chi connectivity index (χ3v) is 4.61. The van der Waals surface area contributed by atoms with Crippen LogP contribution in [0.5, 0.6) is 0 Å². The molecule has 0 bridgehead atoms. The van der Waals surface area contributed by atoms with Crippen LogP contribution in [0.3, 0.4) is 0 Å². The van der Waals surface area contributed by atoms with E-state index in [1.165, 1.54) is 25.7 Å². The second kappa shape index (κ2) is 6.73. The molecule has 1 aliphatic rings. The smallest absolute Gasteiger partial charge is 0.151 e. The molecule has 1 aliphatic carbocycles. The van der Waals surface area contributed by atoms with Crippen LogP contribution in [0.4, 0.5) is 5.82 Å². The summed E-state index contributed by atoms with van der Waals surface area (Å²) in [5.74, 6) is 0.994. The van der Waals surface area contributed by atoms with E-state index in [9.17, 15) is 0 Å². The topological polar surface area (TPSA) is 41.0 Å². The van der Waals surface area contributed by atoms with E-state index in [0.717, 1.165) is 18.1 Å². The van der Waals surface area contributed by atoms with Gasteiger partial charge in [-0.2, -0.15) is 5.10 Å². The van der Waals surface area contributed by atoms with Gasteiger partial charge >= 0.3 is 0 Å². The van der Waals surface area contributed by atoms with Gasteiger partial charge in [-0.25, -0.2) is 0 Å². The molecule has 4 nitrogen and oxygen atoms in total. The summed E-state index contributed by atoms with van der Waals surface area (Å²) < 4.78 is 0. The molecule has 0 aliphatic heterocycles. The van der Waals surface area contributed by atoms with Crippen LogP contribution in [0, 0.1) is 5.41 Å². The van der Waals surface area contributed by atoms with E-state index in [2.05, 4.69) is 67.3 Å². The third kappa shape index (κ3) is 4.67. The van der Waals surface area contributed by atoms with Crippen molar-refractivity contribution in [1.29, 1.82) is 0 Å². The van der Waals surface area contributed by atoms with E-state index in [1.807, 2.05) is 0 Å². The van der Waals surface area contributed by atoms with Crippen LogP contribution < -0.4 is 10.2 Å². The second-order valence-corrected chi connectivity index (χ2v) is 7.42. The zero-order valence-corrected chi connectivity index (χ0v) is 14.2. The van der Waals surface area contributed by atoms with Gasteiger partial charge in [-0.1, -0.05) is 27.7 Å². The fraction of sp³-hybridized carbons (Fsp3) is 0.765. The van der Waals surface area contributed by atoms with Crippen molar-refractivity contribution in [2.24, 2.45) is 5.41 Å². The molecule has 1 heterocycles. The maximum Gasteiger partial charge on any atom is 0.151 e. The summed E-state index contributed by atoms with van der Waals surface area (Å²) in [7, 11) is 2.15. The quantitative estimate of drug-likeness (QED) is 0.902. The molecule has 1 aromatic heterocycles. The highest BCUT2D eigenvalue weighted by molar-refractivity contribution is 5.37. The molecule has 118 valence electrons. The minimum atomic E-state index is 0.472. The van der Waals surface area contributed by atoms with E-state index >= 15 is 0 Å². The normalized spacial score (nSPS) is 19.0. The number of nitrogens with zero attached hydrogens (tertiary/aromatic N) is 3. The third-order valence-electron chi connectivity index (χ3n) is 4.61. The predicted molar refractivity (Wildman–Crippen MR) is 88.4 cm³/mol. The van der Waals surface area contributed by atoms with Crippen molar-refractivity contribution in [1.82, 2.24) is 15.5 Å². The summed E-state index contributed by atoms with van der Waals surface area (Å²) in [6, 6.07) is 5.26. The number of rotatable bonds is 5. The summed E-state index contributed by atoms with van der Waals surface area (Å²) in [5, 5.41) is 12.1. The van der Waals surface area contributed by atoms with Crippen molar-refractivity contribution in [3.8, 4) is 0 Å². The first-order valence-electron chi connectivity index (χ1n) is 8.16. The van der Waals surface area contributed by atoms with Crippen molar-refractivity contribution in [2.75, 3.05) is 11.9 Å². The van der Waals surface area contributed by atoms with Crippen molar-refractivity contribution < 1.29 is 0 Å². The highest BCUT2D eigenvalue weighted by Crippen LogP contribution is 2.37. The molecule has 21 heavy (non-hydrogen) atoms. The fourth-order valence-electron chi connectivity index (χ4n) is 2.90. The SMILES string of the molecule is CC(C)NCc1ccc(N(C)C2CCC(C)(C)CC2)nn1. The Bertz CT molecular complexity index is 429. The lowest BCUT2D eigenvalue weighted by molar-refractivity contribution is 0.222. The maximum absolute atomic E-state index is 4.40. The monoisotopic (exact) mass is 290 g/mol. The second-order valence-electron chi connectivity index (χ2n) is 7.42. The van der Waals surface area contributed by atoms with Crippen LogP contribution in [0.25, 0.3) is 0 Å². The van der Waals surface area contributed by atoms with Gasteiger partial charge in [0.05, 0.1) is 5.69 Å². The molecule has 0 amide bonds. The Morgan fingerprint density at radius 3 is 2.43 bits per heavy atom. The molecule has 1 aromatic rings. The molecule has 1 N–H and O–H groups in total. The zero-order chi connectivity index (χ0) is 15.5. The summed E-state index contributed by atoms with van der Waals surface area (Å²) in [5.41, 5.74) is 1.51. The Hall–Kier alpha value is -1.16. The number of hydrogen-bond acceptors (Lipinski definition) is 4. The van der Waals surface area contributed by atoms with Crippen LogP contribution in [0.1, 0.15) is 59.1 Å². The van der Waals surface area contributed by atoms with Crippen molar-refractivity contribution in [3.63, 3.8) is 0 Å². The van der Waals surface area contributed by atoms with E-state index in [-0.39, 0.29) is 0 Å². The van der Waals surface area contributed by atoms with Gasteiger partial charge in [-0.15, -0.1) is 5.10 Å². The zero-order valence-electron chi connectivity index (χ0n) is 14.2. The Kier molecular flexibility index (Phi) is 5.20. The van der Waals surface area contributed by atoms with Crippen LogP contribution in [-0.4, -0.2) is 29.3 Å². The lowest BCUT2D eigenvalue weighted by Gasteiger charge is -2.38. The molecule has 0 radical (unpaired) electrons. The highest BCUT2D eigenvalue weighted by atomic mass is 15.3. The molecule has 0 saturated heterocycles. The van der Waals surface area contributed by atoms with Crippen LogP contribution >= 0.6 is 0 Å². The molecule has 0 spiro atoms. The van der Waals surface area contributed by atoms with Crippen LogP contribution in [0.2, 0.25) is 0 Å². The summed E-state index contributed by atoms with van der Waals surface area (Å²) >= 11 is 0. The van der Waals surface area contributed by atoms with Crippen molar-refractivity contribution >= 4 is 5.82 Å². The molecular formula is C17H30N4. The number of anilines is 1. The van der Waals surface area contributed by atoms with Gasteiger partial charge in [0.25, 0.3) is 0 Å². The summed E-state index contributed by atoms with van der Waals surface area (Å²) in [4.78, 5) is 2.31. The molecule has 0 aromatic carbocycles. The largest absolute Gasteiger partial charge is 0.355 e. The minimum Gasteiger partial charge on any atom is -0.355 e. The van der Waals surface area contributed by atoms with E-state index in [4.69, 9.17) is 0 Å². The number of nitrogens with one attached hydrogen (secondary N) is 1. The first-order chi connectivity index (χ1) is 9.87. The lowest BCUT2D eigenvalue weighted by Crippen LogP contribution is -2.37. The van der Waals surface area contributed by atoms with Gasteiger partial charge in [0.2, 0.25) is 0 Å². The standard InChI is InChI=1S/C17H30N4/c1-13(2)18-12-14-6-7-16(20-19-14)21(5)15-8-10-17(3,4)11-9-15/h6-7,13,15,18H,8-12H2,1-5H3. The van der Waals surface area contributed by atoms with Gasteiger partial charge < -0.3 is 10.2 Å². The van der Waals surface area contributed by atoms with Gasteiger partial charge in [-0.05, 0) is 43.2 Å². The minimum absolute atomic E-state index is 0.472. The van der Waals surface area contributed by atoms with Crippen LogP contribution in [-0.2, 0) is 6.54 Å². The first kappa shape index (κ1) is 16.2. The van der Waals surface area contributed by atoms with Crippen molar-refractivity contribution in [2.45, 2.75) is 72.0 Å². The molecule has 0 unspecified atom stereocenters. The number of aromatic nitrogens is 2. The molecular weight excluding hydrogens is 260 g/mol. The Labute approximate surface area is 129 Å².